The molecule has 3 atom stereocenters. The minimum atomic E-state index is -1.47. The van der Waals surface area contributed by atoms with Crippen LogP contribution in [0, 0.1) is 22.7 Å². The maximum atomic E-state index is 13.5. The third-order valence-electron chi connectivity index (χ3n) is 7.07. The molecule has 4 fully saturated rings. The summed E-state index contributed by atoms with van der Waals surface area (Å²) < 4.78 is 5.92. The highest BCUT2D eigenvalue weighted by Gasteiger charge is 2.67. The fourth-order valence-electron chi connectivity index (χ4n) is 5.10. The number of hydrogen-bond donors (Lipinski definition) is 4. The Morgan fingerprint density at radius 3 is 1.78 bits per heavy atom. The van der Waals surface area contributed by atoms with Crippen molar-refractivity contribution >= 4 is 5.78 Å². The molecule has 4 N–H and O–H groups in total. The average molecular weight is 386 g/mol. The Kier molecular flexibility index (Phi) is 5.73. The number of carbonyl (C=O) groups is 1. The Morgan fingerprint density at radius 2 is 1.41 bits per heavy atom. The van der Waals surface area contributed by atoms with E-state index in [9.17, 15) is 20.1 Å². The zero-order valence-electron chi connectivity index (χ0n) is 16.7. The number of ether oxygens (including phenoxy) is 1. The Morgan fingerprint density at radius 1 is 0.963 bits per heavy atom. The summed E-state index contributed by atoms with van der Waals surface area (Å²) in [6.07, 6.45) is -4.53. The molecule has 4 rings (SSSR count). The van der Waals surface area contributed by atoms with Crippen LogP contribution in [0.4, 0.5) is 0 Å². The van der Waals surface area contributed by atoms with Crippen molar-refractivity contribution in [3.8, 4) is 0 Å². The van der Waals surface area contributed by atoms with Crippen molar-refractivity contribution in [2.45, 2.75) is 52.4 Å². The topological polar surface area (TPSA) is 114 Å². The van der Waals surface area contributed by atoms with Crippen molar-refractivity contribution in [3.63, 3.8) is 0 Å². The van der Waals surface area contributed by atoms with Crippen molar-refractivity contribution in [1.82, 2.24) is 9.80 Å². The minimum absolute atomic E-state index is 0.160. The molecule has 4 heterocycles. The second-order valence-corrected chi connectivity index (χ2v) is 9.23. The van der Waals surface area contributed by atoms with E-state index in [4.69, 9.17) is 9.84 Å². The van der Waals surface area contributed by atoms with Gasteiger partial charge in [0.25, 0.3) is 0 Å². The van der Waals surface area contributed by atoms with Crippen LogP contribution in [-0.4, -0.2) is 100 Å². The molecule has 0 aromatic heterocycles. The van der Waals surface area contributed by atoms with Crippen molar-refractivity contribution < 1.29 is 30.0 Å². The van der Waals surface area contributed by atoms with E-state index in [1.807, 2.05) is 0 Å². The summed E-state index contributed by atoms with van der Waals surface area (Å²) in [5, 5.41) is 38.3. The summed E-state index contributed by atoms with van der Waals surface area (Å²) in [7, 11) is 0. The molecule has 0 amide bonds. The van der Waals surface area contributed by atoms with Crippen molar-refractivity contribution in [2.75, 3.05) is 39.4 Å². The van der Waals surface area contributed by atoms with Crippen molar-refractivity contribution in [1.29, 1.82) is 0 Å². The molecule has 0 aromatic rings. The molecular formula is C19H34N2O6. The third-order valence-corrected chi connectivity index (χ3v) is 7.07. The first kappa shape index (κ1) is 21.1. The van der Waals surface area contributed by atoms with Gasteiger partial charge in [-0.2, -0.15) is 0 Å². The van der Waals surface area contributed by atoms with Crippen LogP contribution in [0.25, 0.3) is 0 Å². The first-order valence-electron chi connectivity index (χ1n) is 9.88. The monoisotopic (exact) mass is 386 g/mol. The maximum Gasteiger partial charge on any atom is 0.168 e. The third kappa shape index (κ3) is 3.15. The number of piperidine rings is 2. The SMILES string of the molecule is CC(C)C12CN3CC(C(C)C)(CN(C1)C3OC[C@@H](O)[C@H](O)[C@@H](O)CO)C2=O. The van der Waals surface area contributed by atoms with Gasteiger partial charge in [0.15, 0.2) is 12.1 Å². The Bertz CT molecular complexity index is 522. The Balaban J connectivity index is 1.75. The summed E-state index contributed by atoms with van der Waals surface area (Å²) in [4.78, 5) is 17.8. The van der Waals surface area contributed by atoms with Gasteiger partial charge in [-0.15, -0.1) is 0 Å². The number of hydrogen-bond acceptors (Lipinski definition) is 8. The average Bonchev–Trinajstić information content (AvgIpc) is 2.61. The molecule has 0 spiro atoms. The number of Topliss-reactive ketones (excluding diaryl/α,β-unsaturated/α-hetero) is 1. The Hall–Kier alpha value is -0.610. The lowest BCUT2D eigenvalue weighted by Gasteiger charge is -2.67. The van der Waals surface area contributed by atoms with Crippen LogP contribution in [0.1, 0.15) is 27.7 Å². The highest BCUT2D eigenvalue weighted by atomic mass is 16.5. The first-order valence-corrected chi connectivity index (χ1v) is 9.88. The van der Waals surface area contributed by atoms with E-state index in [0.29, 0.717) is 32.0 Å². The van der Waals surface area contributed by atoms with Gasteiger partial charge < -0.3 is 25.2 Å². The standard InChI is InChI=1S/C19H34N2O6/c1-11(2)18-7-20-9-19(12(3)4,16(18)26)10-21(8-18)17(20)27-6-14(24)15(25)13(23)5-22/h11-15,17,22-25H,5-10H2,1-4H3/t13-,14+,15+,17?,18?,19?/m0/s1. The van der Waals surface area contributed by atoms with Gasteiger partial charge in [0.2, 0.25) is 0 Å². The molecule has 4 bridgehead atoms. The molecule has 4 saturated heterocycles. The molecule has 8 nitrogen and oxygen atoms in total. The second kappa shape index (κ2) is 7.33. The lowest BCUT2D eigenvalue weighted by molar-refractivity contribution is -0.282. The lowest BCUT2D eigenvalue weighted by atomic mass is 9.54. The summed E-state index contributed by atoms with van der Waals surface area (Å²) in [5.74, 6) is 0.830. The molecule has 156 valence electrons. The highest BCUT2D eigenvalue weighted by Crippen LogP contribution is 2.54. The largest absolute Gasteiger partial charge is 0.394 e. The zero-order chi connectivity index (χ0) is 20.1. The van der Waals surface area contributed by atoms with Crippen LogP contribution in [-0.2, 0) is 9.53 Å². The number of aliphatic hydroxyl groups excluding tert-OH is 4. The molecule has 4 aliphatic heterocycles. The quantitative estimate of drug-likeness (QED) is 0.414. The molecule has 8 heteroatoms. The van der Waals surface area contributed by atoms with Gasteiger partial charge in [0.05, 0.1) is 24.0 Å². The fraction of sp³-hybridized carbons (Fsp3) is 0.947. The summed E-state index contributed by atoms with van der Waals surface area (Å²) >= 11 is 0. The van der Waals surface area contributed by atoms with Crippen LogP contribution in [0.2, 0.25) is 0 Å². The van der Waals surface area contributed by atoms with Gasteiger partial charge in [-0.05, 0) is 11.8 Å². The van der Waals surface area contributed by atoms with Crippen LogP contribution >= 0.6 is 0 Å². The number of rotatable bonds is 8. The normalized spacial score (nSPS) is 41.4. The van der Waals surface area contributed by atoms with Crippen LogP contribution < -0.4 is 0 Å². The van der Waals surface area contributed by atoms with Gasteiger partial charge >= 0.3 is 0 Å². The van der Waals surface area contributed by atoms with E-state index in [1.165, 1.54) is 0 Å². The number of carbonyl (C=O) groups excluding carboxylic acids is 1. The summed E-state index contributed by atoms with van der Waals surface area (Å²) in [5.41, 5.74) is -0.794. The van der Waals surface area contributed by atoms with E-state index in [1.54, 1.807) is 0 Å². The minimum Gasteiger partial charge on any atom is -0.394 e. The fourth-order valence-corrected chi connectivity index (χ4v) is 5.10. The van der Waals surface area contributed by atoms with Gasteiger partial charge in [-0.3, -0.25) is 14.6 Å². The Labute approximate surface area is 160 Å². The van der Waals surface area contributed by atoms with Gasteiger partial charge in [0, 0.05) is 26.2 Å². The molecule has 27 heavy (non-hydrogen) atoms. The smallest absolute Gasteiger partial charge is 0.168 e. The van der Waals surface area contributed by atoms with Crippen molar-refractivity contribution in [3.05, 3.63) is 0 Å². The van der Waals surface area contributed by atoms with Crippen molar-refractivity contribution in [2.24, 2.45) is 22.7 Å². The molecule has 0 aliphatic carbocycles. The van der Waals surface area contributed by atoms with E-state index in [2.05, 4.69) is 37.5 Å². The number of ketones is 1. The van der Waals surface area contributed by atoms with E-state index >= 15 is 0 Å². The molecule has 0 radical (unpaired) electrons. The molecule has 0 unspecified atom stereocenters. The van der Waals surface area contributed by atoms with E-state index in [0.717, 1.165) is 0 Å². The number of aliphatic hydroxyl groups is 4. The van der Waals surface area contributed by atoms with E-state index in [-0.39, 0.29) is 24.8 Å². The van der Waals surface area contributed by atoms with Gasteiger partial charge in [-0.1, -0.05) is 27.7 Å². The second-order valence-electron chi connectivity index (χ2n) is 9.23. The van der Waals surface area contributed by atoms with Gasteiger partial charge in [0.1, 0.15) is 18.3 Å². The lowest BCUT2D eigenvalue weighted by Crippen LogP contribution is -2.81. The summed E-state index contributed by atoms with van der Waals surface area (Å²) in [6.45, 7) is 10.2. The molecule has 0 aromatic carbocycles. The molecule has 0 saturated carbocycles. The predicted molar refractivity (Wildman–Crippen MR) is 97.5 cm³/mol. The predicted octanol–water partition coefficient (Wildman–Crippen LogP) is -1.14. The highest BCUT2D eigenvalue weighted by molar-refractivity contribution is 5.94. The first-order chi connectivity index (χ1) is 12.6. The number of nitrogens with zero attached hydrogens (tertiary/aromatic N) is 2. The van der Waals surface area contributed by atoms with E-state index < -0.39 is 35.7 Å². The van der Waals surface area contributed by atoms with Gasteiger partial charge in [-0.25, -0.2) is 0 Å². The van der Waals surface area contributed by atoms with Crippen LogP contribution in [0.5, 0.6) is 0 Å². The molecule has 4 aliphatic rings. The van der Waals surface area contributed by atoms with Crippen LogP contribution in [0.3, 0.4) is 0 Å². The zero-order valence-corrected chi connectivity index (χ0v) is 16.7. The maximum absolute atomic E-state index is 13.5. The molecular weight excluding hydrogens is 352 g/mol. The van der Waals surface area contributed by atoms with Crippen LogP contribution in [0.15, 0.2) is 0 Å². The summed E-state index contributed by atoms with van der Waals surface area (Å²) in [6, 6.07) is 0.